The molecule has 1 saturated carbocycles. The summed E-state index contributed by atoms with van der Waals surface area (Å²) in [6, 6.07) is 23.2. The number of carbonyl (C=O) groups is 1. The smallest absolute Gasteiger partial charge is 0.153 e. The summed E-state index contributed by atoms with van der Waals surface area (Å²) >= 11 is 0. The molecule has 0 spiro atoms. The van der Waals surface area contributed by atoms with Crippen molar-refractivity contribution < 1.29 is 4.79 Å². The van der Waals surface area contributed by atoms with Crippen LogP contribution in [0.5, 0.6) is 0 Å². The molecule has 1 unspecified atom stereocenters. The maximum absolute atomic E-state index is 13.0. The summed E-state index contributed by atoms with van der Waals surface area (Å²) in [5.74, 6) is -0.443. The molecule has 0 N–H and O–H groups in total. The highest BCUT2D eigenvalue weighted by Crippen LogP contribution is 2.56. The Hall–Kier alpha value is -3.19. The number of aryl methyl sites for hydroxylation is 1. The van der Waals surface area contributed by atoms with Crippen molar-refractivity contribution in [2.45, 2.75) is 38.1 Å². The number of nitriles is 1. The average Bonchev–Trinajstić information content (AvgIpc) is 3.21. The van der Waals surface area contributed by atoms with Crippen LogP contribution in [0.3, 0.4) is 0 Å². The molecule has 0 bridgehead atoms. The molecule has 2 aliphatic rings. The maximum Gasteiger partial charge on any atom is 0.153 e. The van der Waals surface area contributed by atoms with Gasteiger partial charge >= 0.3 is 0 Å². The summed E-state index contributed by atoms with van der Waals surface area (Å²) in [4.78, 5) is 13.0. The van der Waals surface area contributed by atoms with Crippen molar-refractivity contribution in [3.8, 4) is 6.07 Å². The second-order valence-electron chi connectivity index (χ2n) is 8.72. The van der Waals surface area contributed by atoms with Crippen LogP contribution in [0.1, 0.15) is 42.1 Å². The van der Waals surface area contributed by atoms with Gasteiger partial charge in [0, 0.05) is 11.3 Å². The molecule has 150 valence electrons. The Balaban J connectivity index is 1.73. The zero-order chi connectivity index (χ0) is 20.7. The van der Waals surface area contributed by atoms with E-state index in [4.69, 9.17) is 5.10 Å². The van der Waals surface area contributed by atoms with E-state index in [0.717, 1.165) is 12.8 Å². The number of Topliss-reactive ketones (excluding diaryl/α,β-unsaturated/α-hetero) is 1. The number of fused-ring (bicyclic) bond motifs is 3. The predicted molar refractivity (Wildman–Crippen MR) is 115 cm³/mol. The van der Waals surface area contributed by atoms with Crippen molar-refractivity contribution in [1.29, 1.82) is 5.26 Å². The van der Waals surface area contributed by atoms with Gasteiger partial charge in [-0.1, -0.05) is 67.6 Å². The molecule has 3 aromatic rings. The molecule has 4 heteroatoms. The van der Waals surface area contributed by atoms with Crippen LogP contribution in [0.15, 0.2) is 66.9 Å². The standard InChI is InChI=1S/C26H25N3O/c1-18-23-13-12-20-16-28-29(17-19-8-4-2-5-9-19)25(20)26(23,14-21(15-27)24(18)30)22-10-6-3-7-11-22/h2-11,16,18,21,23H,12-14,17H2,1H3/t18-,21?,23-,26+/m0/s1. The lowest BCUT2D eigenvalue weighted by molar-refractivity contribution is -0.131. The Morgan fingerprint density at radius 1 is 1.13 bits per heavy atom. The quantitative estimate of drug-likeness (QED) is 0.655. The van der Waals surface area contributed by atoms with Gasteiger partial charge in [0.05, 0.1) is 24.5 Å². The van der Waals surface area contributed by atoms with Crippen LogP contribution in [0, 0.1) is 29.1 Å². The van der Waals surface area contributed by atoms with E-state index in [9.17, 15) is 10.1 Å². The van der Waals surface area contributed by atoms with Gasteiger partial charge in [-0.2, -0.15) is 10.4 Å². The van der Waals surface area contributed by atoms with Crippen LogP contribution in [0.2, 0.25) is 0 Å². The van der Waals surface area contributed by atoms with Crippen molar-refractivity contribution in [3.05, 3.63) is 89.2 Å². The number of ketones is 1. The summed E-state index contributed by atoms with van der Waals surface area (Å²) in [7, 11) is 0. The third-order valence-corrected chi connectivity index (χ3v) is 7.24. The minimum Gasteiger partial charge on any atom is -0.298 e. The van der Waals surface area contributed by atoms with E-state index in [1.54, 1.807) is 0 Å². The lowest BCUT2D eigenvalue weighted by Crippen LogP contribution is -2.53. The van der Waals surface area contributed by atoms with Gasteiger partial charge in [-0.3, -0.25) is 9.48 Å². The van der Waals surface area contributed by atoms with Crippen molar-refractivity contribution in [2.24, 2.45) is 17.8 Å². The molecule has 1 aromatic heterocycles. The van der Waals surface area contributed by atoms with Gasteiger partial charge < -0.3 is 0 Å². The van der Waals surface area contributed by atoms with Gasteiger partial charge in [0.15, 0.2) is 5.78 Å². The molecule has 5 rings (SSSR count). The number of nitrogens with zero attached hydrogens (tertiary/aromatic N) is 3. The third kappa shape index (κ3) is 2.73. The number of rotatable bonds is 3. The van der Waals surface area contributed by atoms with Crippen LogP contribution >= 0.6 is 0 Å². The zero-order valence-corrected chi connectivity index (χ0v) is 17.2. The summed E-state index contributed by atoms with van der Waals surface area (Å²) in [5, 5.41) is 14.6. The second-order valence-corrected chi connectivity index (χ2v) is 8.72. The Morgan fingerprint density at radius 2 is 1.83 bits per heavy atom. The van der Waals surface area contributed by atoms with Crippen molar-refractivity contribution >= 4 is 5.78 Å². The number of benzene rings is 2. The highest BCUT2D eigenvalue weighted by Gasteiger charge is 2.56. The van der Waals surface area contributed by atoms with Crippen molar-refractivity contribution in [2.75, 3.05) is 0 Å². The normalized spacial score (nSPS) is 27.7. The van der Waals surface area contributed by atoms with Crippen LogP contribution in [-0.2, 0) is 23.2 Å². The Labute approximate surface area is 177 Å². The minimum absolute atomic E-state index is 0.103. The van der Waals surface area contributed by atoms with Gasteiger partial charge in [-0.15, -0.1) is 0 Å². The van der Waals surface area contributed by atoms with Crippen molar-refractivity contribution in [1.82, 2.24) is 9.78 Å². The SMILES string of the molecule is C[C@@H]1C(=O)C(C#N)C[C@]2(c3ccccc3)c3c(cnn3Cc3ccccc3)CC[C@@H]12. The monoisotopic (exact) mass is 395 g/mol. The summed E-state index contributed by atoms with van der Waals surface area (Å²) in [6.07, 6.45) is 4.42. The average molecular weight is 396 g/mol. The van der Waals surface area contributed by atoms with Crippen LogP contribution < -0.4 is 0 Å². The third-order valence-electron chi connectivity index (χ3n) is 7.24. The van der Waals surface area contributed by atoms with Gasteiger partial charge in [-0.25, -0.2) is 0 Å². The molecule has 0 saturated heterocycles. The molecular weight excluding hydrogens is 370 g/mol. The molecule has 2 aromatic carbocycles. The van der Waals surface area contributed by atoms with Crippen LogP contribution in [0.4, 0.5) is 0 Å². The molecule has 4 nitrogen and oxygen atoms in total. The van der Waals surface area contributed by atoms with E-state index in [-0.39, 0.29) is 23.0 Å². The lowest BCUT2D eigenvalue weighted by Gasteiger charge is -2.51. The first-order valence-electron chi connectivity index (χ1n) is 10.7. The van der Waals surface area contributed by atoms with E-state index in [0.29, 0.717) is 13.0 Å². The molecule has 1 heterocycles. The maximum atomic E-state index is 13.0. The van der Waals surface area contributed by atoms with Gasteiger partial charge in [0.2, 0.25) is 0 Å². The highest BCUT2D eigenvalue weighted by molar-refractivity contribution is 5.87. The first-order chi connectivity index (χ1) is 14.6. The number of hydrogen-bond donors (Lipinski definition) is 0. The minimum atomic E-state index is -0.581. The fourth-order valence-electron chi connectivity index (χ4n) is 5.91. The molecule has 0 aliphatic heterocycles. The Kier molecular flexibility index (Phi) is 4.55. The molecule has 0 radical (unpaired) electrons. The Bertz CT molecular complexity index is 1110. The summed E-state index contributed by atoms with van der Waals surface area (Å²) in [6.45, 7) is 2.72. The molecule has 2 aliphatic carbocycles. The summed E-state index contributed by atoms with van der Waals surface area (Å²) < 4.78 is 2.13. The molecule has 4 atom stereocenters. The van der Waals surface area contributed by atoms with E-state index in [1.165, 1.54) is 22.4 Å². The Morgan fingerprint density at radius 3 is 2.53 bits per heavy atom. The largest absolute Gasteiger partial charge is 0.298 e. The second kappa shape index (κ2) is 7.25. The fraction of sp³-hybridized carbons (Fsp3) is 0.346. The molecule has 0 amide bonds. The molecule has 1 fully saturated rings. The topological polar surface area (TPSA) is 58.7 Å². The highest BCUT2D eigenvalue weighted by atomic mass is 16.1. The van der Waals surface area contributed by atoms with Gasteiger partial charge in [-0.05, 0) is 41.9 Å². The van der Waals surface area contributed by atoms with Gasteiger partial charge in [0.25, 0.3) is 0 Å². The van der Waals surface area contributed by atoms with Crippen LogP contribution in [-0.4, -0.2) is 15.6 Å². The molecular formula is C26H25N3O. The van der Waals surface area contributed by atoms with Crippen LogP contribution in [0.25, 0.3) is 0 Å². The van der Waals surface area contributed by atoms with Gasteiger partial charge in [0.1, 0.15) is 5.92 Å². The predicted octanol–water partition coefficient (Wildman–Crippen LogP) is 4.53. The van der Waals surface area contributed by atoms with Crippen molar-refractivity contribution in [3.63, 3.8) is 0 Å². The summed E-state index contributed by atoms with van der Waals surface area (Å²) in [5.41, 5.74) is 4.49. The number of hydrogen-bond acceptors (Lipinski definition) is 3. The first kappa shape index (κ1) is 18.8. The van der Waals surface area contributed by atoms with E-state index in [1.807, 2.05) is 37.4 Å². The lowest BCUT2D eigenvalue weighted by atomic mass is 9.51. The fourth-order valence-corrected chi connectivity index (χ4v) is 5.91. The number of aromatic nitrogens is 2. The van der Waals surface area contributed by atoms with E-state index in [2.05, 4.69) is 47.1 Å². The van der Waals surface area contributed by atoms with E-state index >= 15 is 0 Å². The number of carbonyl (C=O) groups excluding carboxylic acids is 1. The first-order valence-corrected chi connectivity index (χ1v) is 10.7. The zero-order valence-electron chi connectivity index (χ0n) is 17.2. The van der Waals surface area contributed by atoms with E-state index < -0.39 is 5.92 Å². The molecule has 30 heavy (non-hydrogen) atoms.